The van der Waals surface area contributed by atoms with E-state index in [1.54, 1.807) is 24.3 Å². The molecule has 0 amide bonds. The number of ether oxygens (including phenoxy) is 2. The number of benzene rings is 2. The smallest absolute Gasteiger partial charge is 0.324 e. The third kappa shape index (κ3) is 4.80. The summed E-state index contributed by atoms with van der Waals surface area (Å²) in [5, 5.41) is 0. The summed E-state index contributed by atoms with van der Waals surface area (Å²) >= 11 is 0. The quantitative estimate of drug-likeness (QED) is 0.498. The number of rotatable bonds is 7. The average Bonchev–Trinajstić information content (AvgIpc) is 2.75. The molecule has 2 aromatic carbocycles. The highest BCUT2D eigenvalue weighted by atomic mass is 32.2. The number of aryl methyl sites for hydroxylation is 1. The van der Waals surface area contributed by atoms with Gasteiger partial charge in [-0.2, -0.15) is 4.31 Å². The first-order chi connectivity index (χ1) is 14.3. The van der Waals surface area contributed by atoms with Gasteiger partial charge in [0.15, 0.2) is 0 Å². The van der Waals surface area contributed by atoms with E-state index in [4.69, 9.17) is 9.47 Å². The molecule has 0 bridgehead atoms. The van der Waals surface area contributed by atoms with Gasteiger partial charge < -0.3 is 9.47 Å². The van der Waals surface area contributed by atoms with Gasteiger partial charge in [-0.15, -0.1) is 0 Å². The molecule has 0 saturated carbocycles. The summed E-state index contributed by atoms with van der Waals surface area (Å²) in [7, 11) is -2.68. The van der Waals surface area contributed by atoms with Crippen LogP contribution in [0.1, 0.15) is 24.5 Å². The maximum Gasteiger partial charge on any atom is 0.324 e. The monoisotopic (exact) mass is 429 g/mol. The van der Waals surface area contributed by atoms with Gasteiger partial charge in [0.25, 0.3) is 0 Å². The van der Waals surface area contributed by atoms with Crippen LogP contribution in [0, 0.1) is 6.92 Å². The van der Waals surface area contributed by atoms with Gasteiger partial charge in [0.05, 0.1) is 31.3 Å². The maximum absolute atomic E-state index is 13.6. The molecule has 1 heterocycles. The number of hydrogen-bond acceptors (Lipinski definition) is 5. The molecule has 3 rings (SSSR count). The number of hydrogen-bond donors (Lipinski definition) is 0. The minimum Gasteiger partial charge on any atom is -0.468 e. The van der Waals surface area contributed by atoms with Crippen LogP contribution in [0.3, 0.4) is 0 Å². The van der Waals surface area contributed by atoms with E-state index in [1.807, 2.05) is 50.3 Å². The van der Waals surface area contributed by atoms with E-state index in [0.29, 0.717) is 6.61 Å². The molecule has 0 fully saturated rings. The second kappa shape index (κ2) is 9.55. The Morgan fingerprint density at radius 3 is 2.37 bits per heavy atom. The molecular weight excluding hydrogens is 402 g/mol. The number of carbonyl (C=O) groups is 1. The Hall–Kier alpha value is -2.48. The van der Waals surface area contributed by atoms with Gasteiger partial charge in [0.2, 0.25) is 10.0 Å². The van der Waals surface area contributed by atoms with Crippen molar-refractivity contribution in [1.82, 2.24) is 4.31 Å². The van der Waals surface area contributed by atoms with Crippen molar-refractivity contribution in [3.63, 3.8) is 0 Å². The van der Waals surface area contributed by atoms with Crippen LogP contribution < -0.4 is 0 Å². The van der Waals surface area contributed by atoms with Crippen molar-refractivity contribution in [3.05, 3.63) is 77.4 Å². The van der Waals surface area contributed by atoms with E-state index in [0.717, 1.165) is 16.7 Å². The fourth-order valence-corrected chi connectivity index (χ4v) is 5.32. The molecule has 6 nitrogen and oxygen atoms in total. The van der Waals surface area contributed by atoms with E-state index in [1.165, 1.54) is 11.4 Å². The molecule has 1 aliphatic heterocycles. The van der Waals surface area contributed by atoms with E-state index in [9.17, 15) is 13.2 Å². The summed E-state index contributed by atoms with van der Waals surface area (Å²) in [6, 6.07) is 14.7. The zero-order chi connectivity index (χ0) is 21.7. The van der Waals surface area contributed by atoms with Gasteiger partial charge in [-0.3, -0.25) is 4.79 Å². The fraction of sp³-hybridized carbons (Fsp3) is 0.348. The minimum absolute atomic E-state index is 0.135. The van der Waals surface area contributed by atoms with Gasteiger partial charge >= 0.3 is 5.97 Å². The largest absolute Gasteiger partial charge is 0.468 e. The first-order valence-corrected chi connectivity index (χ1v) is 11.2. The lowest BCUT2D eigenvalue weighted by atomic mass is 9.99. The van der Waals surface area contributed by atoms with E-state index >= 15 is 0 Å². The number of methoxy groups -OCH3 is 1. The van der Waals surface area contributed by atoms with E-state index in [2.05, 4.69) is 0 Å². The van der Waals surface area contributed by atoms with Crippen LogP contribution in [0.4, 0.5) is 0 Å². The minimum atomic E-state index is -3.95. The van der Waals surface area contributed by atoms with Crippen molar-refractivity contribution >= 4 is 16.0 Å². The molecule has 0 spiro atoms. The normalized spacial score (nSPS) is 19.9. The molecule has 1 aliphatic rings. The zero-order valence-corrected chi connectivity index (χ0v) is 18.3. The number of carbonyl (C=O) groups excluding carboxylic acids is 1. The van der Waals surface area contributed by atoms with Crippen LogP contribution in [0.5, 0.6) is 0 Å². The van der Waals surface area contributed by atoms with Crippen molar-refractivity contribution in [3.8, 4) is 0 Å². The Morgan fingerprint density at radius 1 is 1.07 bits per heavy atom. The summed E-state index contributed by atoms with van der Waals surface area (Å²) < 4.78 is 39.1. The molecule has 0 aliphatic carbocycles. The zero-order valence-electron chi connectivity index (χ0n) is 17.4. The second-order valence-corrected chi connectivity index (χ2v) is 9.23. The second-order valence-electron chi connectivity index (χ2n) is 7.39. The average molecular weight is 430 g/mol. The van der Waals surface area contributed by atoms with Gasteiger partial charge in [0, 0.05) is 0 Å². The first-order valence-electron chi connectivity index (χ1n) is 9.81. The molecular formula is C23H27NO5S. The van der Waals surface area contributed by atoms with Crippen molar-refractivity contribution in [2.45, 2.75) is 43.9 Å². The van der Waals surface area contributed by atoms with Crippen LogP contribution >= 0.6 is 0 Å². The summed E-state index contributed by atoms with van der Waals surface area (Å²) in [6.45, 7) is 4.24. The molecule has 2 aromatic rings. The standard InChI is InChI=1S/C23H27NO5S/c1-17-9-12-20(13-10-17)30(26,27)24-21(23(25)28-3)14-11-18(2)22(24)16-29-15-19-7-5-4-6-8-19/h4-13,21-22H,14-16H2,1-3H3/t21-,22-/m1/s1. The van der Waals surface area contributed by atoms with Gasteiger partial charge in [-0.1, -0.05) is 59.7 Å². The topological polar surface area (TPSA) is 72.9 Å². The Balaban J connectivity index is 1.92. The first kappa shape index (κ1) is 22.2. The molecule has 30 heavy (non-hydrogen) atoms. The highest BCUT2D eigenvalue weighted by molar-refractivity contribution is 7.89. The maximum atomic E-state index is 13.6. The van der Waals surface area contributed by atoms with Gasteiger partial charge in [-0.25, -0.2) is 8.42 Å². The van der Waals surface area contributed by atoms with Gasteiger partial charge in [0.1, 0.15) is 6.04 Å². The molecule has 0 radical (unpaired) electrons. The van der Waals surface area contributed by atoms with Crippen molar-refractivity contribution in [1.29, 1.82) is 0 Å². The summed E-state index contributed by atoms with van der Waals surface area (Å²) in [5.41, 5.74) is 2.79. The lowest BCUT2D eigenvalue weighted by molar-refractivity contribution is -0.146. The summed E-state index contributed by atoms with van der Waals surface area (Å²) in [6.07, 6.45) is 2.15. The molecule has 0 aromatic heterocycles. The highest BCUT2D eigenvalue weighted by Gasteiger charge is 2.44. The van der Waals surface area contributed by atoms with Crippen LogP contribution in [-0.4, -0.2) is 44.5 Å². The number of esters is 1. The molecule has 0 saturated heterocycles. The third-order valence-corrected chi connectivity index (χ3v) is 7.19. The van der Waals surface area contributed by atoms with Crippen LogP contribution in [-0.2, 0) is 30.9 Å². The van der Waals surface area contributed by atoms with E-state index in [-0.39, 0.29) is 17.9 Å². The Morgan fingerprint density at radius 2 is 1.73 bits per heavy atom. The predicted molar refractivity (Wildman–Crippen MR) is 114 cm³/mol. The lowest BCUT2D eigenvalue weighted by Gasteiger charge is -2.38. The Kier molecular flexibility index (Phi) is 7.07. The fourth-order valence-electron chi connectivity index (χ4n) is 3.53. The van der Waals surface area contributed by atoms with Gasteiger partial charge in [-0.05, 0) is 38.0 Å². The summed E-state index contributed by atoms with van der Waals surface area (Å²) in [4.78, 5) is 12.6. The molecule has 160 valence electrons. The Labute approximate surface area is 178 Å². The van der Waals surface area contributed by atoms with Crippen molar-refractivity contribution < 1.29 is 22.7 Å². The van der Waals surface area contributed by atoms with Crippen LogP contribution in [0.2, 0.25) is 0 Å². The summed E-state index contributed by atoms with van der Waals surface area (Å²) in [5.74, 6) is -0.581. The predicted octanol–water partition coefficient (Wildman–Crippen LogP) is 3.46. The van der Waals surface area contributed by atoms with Crippen molar-refractivity contribution in [2.24, 2.45) is 0 Å². The lowest BCUT2D eigenvalue weighted by Crippen LogP contribution is -2.54. The molecule has 0 unspecified atom stereocenters. The molecule has 7 heteroatoms. The van der Waals surface area contributed by atoms with Crippen molar-refractivity contribution in [2.75, 3.05) is 13.7 Å². The molecule has 0 N–H and O–H groups in total. The van der Waals surface area contributed by atoms with E-state index < -0.39 is 28.1 Å². The Bertz CT molecular complexity index is 1000. The van der Waals surface area contributed by atoms with Crippen LogP contribution in [0.15, 0.2) is 71.1 Å². The molecule has 2 atom stereocenters. The van der Waals surface area contributed by atoms with Crippen LogP contribution in [0.25, 0.3) is 0 Å². The number of nitrogens with zero attached hydrogens (tertiary/aromatic N) is 1. The SMILES string of the molecule is COC(=O)[C@H]1CC=C(C)[C@@H](COCc2ccccc2)N1S(=O)(=O)c1ccc(C)cc1. The number of sulfonamides is 1. The highest BCUT2D eigenvalue weighted by Crippen LogP contribution is 2.31. The third-order valence-electron chi connectivity index (χ3n) is 5.26.